The minimum Gasteiger partial charge on any atom is -0.491 e. The highest BCUT2D eigenvalue weighted by Crippen LogP contribution is 2.24. The number of nitrogens with one attached hydrogen (secondary N) is 1. The molecule has 1 unspecified atom stereocenters. The number of aromatic nitrogens is 4. The van der Waals surface area contributed by atoms with Crippen LogP contribution in [0.25, 0.3) is 5.69 Å². The van der Waals surface area contributed by atoms with Crippen LogP contribution in [0.1, 0.15) is 15.9 Å². The molecule has 0 saturated heterocycles. The SMILES string of the molecule is O=C(NC1COc2ccccc2C1)c1ccccc1-n1cnnn1. The molecule has 0 saturated carbocycles. The molecule has 0 aliphatic carbocycles. The van der Waals surface area contributed by atoms with Crippen molar-refractivity contribution in [3.8, 4) is 11.4 Å². The molecular weight excluding hydrogens is 306 g/mol. The third-order valence-corrected chi connectivity index (χ3v) is 3.96. The summed E-state index contributed by atoms with van der Waals surface area (Å²) in [6.07, 6.45) is 2.21. The number of rotatable bonds is 3. The molecule has 120 valence electrons. The van der Waals surface area contributed by atoms with Gasteiger partial charge in [-0.1, -0.05) is 30.3 Å². The zero-order valence-corrected chi connectivity index (χ0v) is 12.8. The van der Waals surface area contributed by atoms with Gasteiger partial charge in [0.25, 0.3) is 5.91 Å². The second-order valence-electron chi connectivity index (χ2n) is 5.56. The standard InChI is InChI=1S/C17H15N5O2/c23-17(14-6-2-3-7-15(14)22-11-18-20-21-22)19-13-9-12-5-1-4-8-16(12)24-10-13/h1-8,11,13H,9-10H2,(H,19,23). The van der Waals surface area contributed by atoms with Crippen molar-refractivity contribution < 1.29 is 9.53 Å². The molecule has 24 heavy (non-hydrogen) atoms. The Labute approximate surface area is 138 Å². The van der Waals surface area contributed by atoms with Crippen LogP contribution in [0, 0.1) is 0 Å². The predicted molar refractivity (Wildman–Crippen MR) is 86.0 cm³/mol. The van der Waals surface area contributed by atoms with Crippen LogP contribution in [-0.2, 0) is 6.42 Å². The molecule has 3 aromatic rings. The first kappa shape index (κ1) is 14.4. The van der Waals surface area contributed by atoms with Gasteiger partial charge in [-0.05, 0) is 40.6 Å². The molecule has 4 rings (SSSR count). The average Bonchev–Trinajstić information content (AvgIpc) is 3.16. The van der Waals surface area contributed by atoms with Crippen molar-refractivity contribution in [3.05, 3.63) is 66.0 Å². The fourth-order valence-corrected chi connectivity index (χ4v) is 2.82. The van der Waals surface area contributed by atoms with E-state index in [2.05, 4.69) is 20.8 Å². The average molecular weight is 321 g/mol. The zero-order chi connectivity index (χ0) is 16.4. The lowest BCUT2D eigenvalue weighted by Gasteiger charge is -2.26. The summed E-state index contributed by atoms with van der Waals surface area (Å²) < 4.78 is 7.20. The summed E-state index contributed by atoms with van der Waals surface area (Å²) in [5, 5.41) is 14.1. The third kappa shape index (κ3) is 2.71. The number of carbonyl (C=O) groups excluding carboxylic acids is 1. The van der Waals surface area contributed by atoms with Crippen molar-refractivity contribution in [2.75, 3.05) is 6.61 Å². The Balaban J connectivity index is 1.54. The van der Waals surface area contributed by atoms with Gasteiger partial charge in [-0.15, -0.1) is 5.10 Å². The number of nitrogens with zero attached hydrogens (tertiary/aromatic N) is 4. The summed E-state index contributed by atoms with van der Waals surface area (Å²) in [5.41, 5.74) is 2.25. The van der Waals surface area contributed by atoms with Gasteiger partial charge in [0.1, 0.15) is 18.7 Å². The van der Waals surface area contributed by atoms with Crippen molar-refractivity contribution in [1.82, 2.24) is 25.5 Å². The summed E-state index contributed by atoms with van der Waals surface area (Å²) in [6, 6.07) is 15.0. The second-order valence-corrected chi connectivity index (χ2v) is 5.56. The predicted octanol–water partition coefficient (Wildman–Crippen LogP) is 1.40. The molecule has 1 aliphatic rings. The molecule has 1 N–H and O–H groups in total. The Kier molecular flexibility index (Phi) is 3.66. The van der Waals surface area contributed by atoms with Gasteiger partial charge in [0.15, 0.2) is 0 Å². The highest BCUT2D eigenvalue weighted by molar-refractivity contribution is 5.97. The smallest absolute Gasteiger partial charge is 0.253 e. The first-order valence-electron chi connectivity index (χ1n) is 7.65. The molecule has 0 bridgehead atoms. The molecule has 1 aliphatic heterocycles. The van der Waals surface area contributed by atoms with Crippen LogP contribution in [-0.4, -0.2) is 38.8 Å². The normalized spacial score (nSPS) is 16.1. The van der Waals surface area contributed by atoms with Crippen molar-refractivity contribution in [3.63, 3.8) is 0 Å². The topological polar surface area (TPSA) is 81.9 Å². The summed E-state index contributed by atoms with van der Waals surface area (Å²) >= 11 is 0. The van der Waals surface area contributed by atoms with Gasteiger partial charge in [-0.3, -0.25) is 4.79 Å². The Hall–Kier alpha value is -3.22. The van der Waals surface area contributed by atoms with Gasteiger partial charge >= 0.3 is 0 Å². The van der Waals surface area contributed by atoms with Gasteiger partial charge < -0.3 is 10.1 Å². The van der Waals surface area contributed by atoms with Crippen LogP contribution in [0.4, 0.5) is 0 Å². The largest absolute Gasteiger partial charge is 0.491 e. The molecule has 0 fully saturated rings. The van der Waals surface area contributed by atoms with E-state index in [1.54, 1.807) is 12.1 Å². The van der Waals surface area contributed by atoms with Crippen LogP contribution in [0.3, 0.4) is 0 Å². The summed E-state index contributed by atoms with van der Waals surface area (Å²) in [4.78, 5) is 12.7. The van der Waals surface area contributed by atoms with Gasteiger partial charge in [0.05, 0.1) is 17.3 Å². The maximum Gasteiger partial charge on any atom is 0.253 e. The first-order chi connectivity index (χ1) is 11.8. The minimum atomic E-state index is -0.172. The number of benzene rings is 2. The molecule has 1 atom stereocenters. The van der Waals surface area contributed by atoms with Crippen LogP contribution in [0.15, 0.2) is 54.9 Å². The number of tetrazole rings is 1. The summed E-state index contributed by atoms with van der Waals surface area (Å²) in [5.74, 6) is 0.714. The lowest BCUT2D eigenvalue weighted by Crippen LogP contribution is -2.43. The fourth-order valence-electron chi connectivity index (χ4n) is 2.82. The number of carbonyl (C=O) groups is 1. The first-order valence-corrected chi connectivity index (χ1v) is 7.65. The molecule has 0 radical (unpaired) electrons. The number of hydrogen-bond donors (Lipinski definition) is 1. The zero-order valence-electron chi connectivity index (χ0n) is 12.8. The van der Waals surface area contributed by atoms with Gasteiger partial charge in [0, 0.05) is 0 Å². The molecular formula is C17H15N5O2. The van der Waals surface area contributed by atoms with E-state index in [4.69, 9.17) is 4.74 Å². The van der Waals surface area contributed by atoms with E-state index in [1.807, 2.05) is 36.4 Å². The molecule has 7 nitrogen and oxygen atoms in total. The fraction of sp³-hybridized carbons (Fsp3) is 0.176. The minimum absolute atomic E-state index is 0.0747. The van der Waals surface area contributed by atoms with Crippen molar-refractivity contribution >= 4 is 5.91 Å². The molecule has 2 heterocycles. The lowest BCUT2D eigenvalue weighted by atomic mass is 10.0. The van der Waals surface area contributed by atoms with E-state index >= 15 is 0 Å². The lowest BCUT2D eigenvalue weighted by molar-refractivity contribution is 0.0915. The van der Waals surface area contributed by atoms with Crippen molar-refractivity contribution in [2.24, 2.45) is 0 Å². The number of para-hydroxylation sites is 2. The Morgan fingerprint density at radius 2 is 2.00 bits per heavy atom. The van der Waals surface area contributed by atoms with E-state index in [1.165, 1.54) is 11.0 Å². The quantitative estimate of drug-likeness (QED) is 0.788. The number of fused-ring (bicyclic) bond motifs is 1. The van der Waals surface area contributed by atoms with Gasteiger partial charge in [-0.25, -0.2) is 0 Å². The van der Waals surface area contributed by atoms with Crippen LogP contribution < -0.4 is 10.1 Å². The van der Waals surface area contributed by atoms with E-state index in [0.29, 0.717) is 17.9 Å². The molecule has 0 spiro atoms. The number of ether oxygens (including phenoxy) is 1. The number of hydrogen-bond acceptors (Lipinski definition) is 5. The molecule has 2 aromatic carbocycles. The summed E-state index contributed by atoms with van der Waals surface area (Å²) in [6.45, 7) is 0.454. The molecule has 1 amide bonds. The maximum atomic E-state index is 12.7. The van der Waals surface area contributed by atoms with Crippen molar-refractivity contribution in [2.45, 2.75) is 12.5 Å². The summed E-state index contributed by atoms with van der Waals surface area (Å²) in [7, 11) is 0. The Bertz CT molecular complexity index is 863. The van der Waals surface area contributed by atoms with Crippen LogP contribution >= 0.6 is 0 Å². The van der Waals surface area contributed by atoms with Gasteiger partial charge in [0.2, 0.25) is 0 Å². The number of amides is 1. The third-order valence-electron chi connectivity index (χ3n) is 3.96. The highest BCUT2D eigenvalue weighted by atomic mass is 16.5. The second kappa shape index (κ2) is 6.11. The molecule has 1 aromatic heterocycles. The van der Waals surface area contributed by atoms with E-state index in [-0.39, 0.29) is 11.9 Å². The van der Waals surface area contributed by atoms with Gasteiger partial charge in [-0.2, -0.15) is 4.68 Å². The molecule has 7 heteroatoms. The maximum absolute atomic E-state index is 12.7. The van der Waals surface area contributed by atoms with E-state index < -0.39 is 0 Å². The van der Waals surface area contributed by atoms with Crippen LogP contribution in [0.2, 0.25) is 0 Å². The van der Waals surface area contributed by atoms with E-state index in [9.17, 15) is 4.79 Å². The Morgan fingerprint density at radius 3 is 2.88 bits per heavy atom. The van der Waals surface area contributed by atoms with E-state index in [0.717, 1.165) is 17.7 Å². The van der Waals surface area contributed by atoms with Crippen molar-refractivity contribution in [1.29, 1.82) is 0 Å². The van der Waals surface area contributed by atoms with Crippen LogP contribution in [0.5, 0.6) is 5.75 Å². The monoisotopic (exact) mass is 321 g/mol. The highest BCUT2D eigenvalue weighted by Gasteiger charge is 2.23. The Morgan fingerprint density at radius 1 is 1.17 bits per heavy atom.